The molecule has 0 aromatic heterocycles. The Morgan fingerprint density at radius 2 is 2.22 bits per heavy atom. The van der Waals surface area contributed by atoms with Gasteiger partial charge in [0.15, 0.2) is 0 Å². The van der Waals surface area contributed by atoms with Gasteiger partial charge in [-0.15, -0.1) is 0 Å². The molecule has 0 aliphatic carbocycles. The Hall–Kier alpha value is -0.630. The van der Waals surface area contributed by atoms with Crippen LogP contribution in [0.1, 0.15) is 24.8 Å². The largest absolute Gasteiger partial charge is 0.377 e. The van der Waals surface area contributed by atoms with Crippen LogP contribution in [0.5, 0.6) is 0 Å². The summed E-state index contributed by atoms with van der Waals surface area (Å²) in [4.78, 5) is 0.203. The minimum absolute atomic E-state index is 0.00125. The number of aryl methyl sites for hydroxylation is 1. The van der Waals surface area contributed by atoms with Crippen LogP contribution >= 0.6 is 11.8 Å². The van der Waals surface area contributed by atoms with Crippen molar-refractivity contribution >= 4 is 21.8 Å². The van der Waals surface area contributed by atoms with Gasteiger partial charge >= 0.3 is 0 Å². The first kappa shape index (κ1) is 17.2. The van der Waals surface area contributed by atoms with Gasteiger partial charge in [0.1, 0.15) is 5.82 Å². The van der Waals surface area contributed by atoms with E-state index in [1.54, 1.807) is 23.0 Å². The predicted octanol–water partition coefficient (Wildman–Crippen LogP) is 2.81. The monoisotopic (exact) mass is 359 g/mol. The Balaban J connectivity index is 1.92. The van der Waals surface area contributed by atoms with Gasteiger partial charge in [0, 0.05) is 24.9 Å². The van der Waals surface area contributed by atoms with Crippen LogP contribution < -0.4 is 0 Å². The van der Waals surface area contributed by atoms with Crippen LogP contribution in [0.25, 0.3) is 0 Å². The highest BCUT2D eigenvalue weighted by molar-refractivity contribution is 7.99. The van der Waals surface area contributed by atoms with Crippen molar-refractivity contribution in [1.82, 2.24) is 4.31 Å². The number of benzene rings is 1. The maximum atomic E-state index is 13.3. The molecule has 0 spiro atoms. The first-order valence-electron chi connectivity index (χ1n) is 7.96. The molecule has 128 valence electrons. The van der Waals surface area contributed by atoms with E-state index in [2.05, 4.69) is 0 Å². The van der Waals surface area contributed by atoms with Crippen molar-refractivity contribution in [3.63, 3.8) is 0 Å². The molecule has 0 radical (unpaired) electrons. The molecule has 1 aromatic carbocycles. The summed E-state index contributed by atoms with van der Waals surface area (Å²) in [6.45, 7) is 2.74. The summed E-state index contributed by atoms with van der Waals surface area (Å²) in [6, 6.07) is 3.87. The molecule has 1 aromatic rings. The Labute approximate surface area is 141 Å². The van der Waals surface area contributed by atoms with Gasteiger partial charge in [0.25, 0.3) is 0 Å². The van der Waals surface area contributed by atoms with Crippen LogP contribution in [0.3, 0.4) is 0 Å². The average molecular weight is 359 g/mol. The van der Waals surface area contributed by atoms with Crippen LogP contribution in [-0.4, -0.2) is 49.5 Å². The number of hydrogen-bond acceptors (Lipinski definition) is 4. The van der Waals surface area contributed by atoms with E-state index < -0.39 is 15.8 Å². The van der Waals surface area contributed by atoms with Gasteiger partial charge in [-0.3, -0.25) is 0 Å². The molecule has 0 amide bonds. The molecule has 23 heavy (non-hydrogen) atoms. The maximum absolute atomic E-state index is 13.3. The zero-order valence-corrected chi connectivity index (χ0v) is 14.8. The third kappa shape index (κ3) is 3.73. The molecule has 4 nitrogen and oxygen atoms in total. The van der Waals surface area contributed by atoms with Crippen LogP contribution in [0, 0.1) is 12.7 Å². The fourth-order valence-electron chi connectivity index (χ4n) is 3.21. The lowest BCUT2D eigenvalue weighted by Gasteiger charge is -2.30. The van der Waals surface area contributed by atoms with Gasteiger partial charge in [-0.25, -0.2) is 12.8 Å². The van der Waals surface area contributed by atoms with Crippen molar-refractivity contribution in [2.75, 3.05) is 24.7 Å². The smallest absolute Gasteiger partial charge is 0.243 e. The number of hydrogen-bond donors (Lipinski definition) is 0. The molecular formula is C16H22FNO3S2. The Bertz CT molecular complexity index is 653. The summed E-state index contributed by atoms with van der Waals surface area (Å²) in [5, 5.41) is 0. The van der Waals surface area contributed by atoms with Gasteiger partial charge in [0.05, 0.1) is 11.0 Å². The van der Waals surface area contributed by atoms with Crippen molar-refractivity contribution in [1.29, 1.82) is 0 Å². The molecule has 2 atom stereocenters. The van der Waals surface area contributed by atoms with E-state index in [9.17, 15) is 12.8 Å². The summed E-state index contributed by atoms with van der Waals surface area (Å²) in [5.41, 5.74) is 0.452. The molecule has 7 heteroatoms. The third-order valence-corrected chi connectivity index (χ3v) is 7.67. The van der Waals surface area contributed by atoms with Gasteiger partial charge in [0.2, 0.25) is 10.0 Å². The number of rotatable bonds is 5. The molecule has 0 saturated carbocycles. The van der Waals surface area contributed by atoms with Gasteiger partial charge in [-0.1, -0.05) is 0 Å². The fourth-order valence-corrected chi connectivity index (χ4v) is 6.42. The van der Waals surface area contributed by atoms with Crippen LogP contribution in [0.15, 0.2) is 23.1 Å². The Kier molecular flexibility index (Phi) is 5.30. The molecule has 2 heterocycles. The van der Waals surface area contributed by atoms with E-state index in [0.29, 0.717) is 18.7 Å². The van der Waals surface area contributed by atoms with E-state index in [1.165, 1.54) is 18.2 Å². The highest BCUT2D eigenvalue weighted by Crippen LogP contribution is 2.30. The zero-order chi connectivity index (χ0) is 16.4. The number of sulfonamides is 1. The molecule has 2 unspecified atom stereocenters. The molecule has 2 saturated heterocycles. The minimum Gasteiger partial charge on any atom is -0.377 e. The van der Waals surface area contributed by atoms with E-state index in [-0.39, 0.29) is 17.0 Å². The van der Waals surface area contributed by atoms with Crippen molar-refractivity contribution in [2.24, 2.45) is 0 Å². The highest BCUT2D eigenvalue weighted by Gasteiger charge is 2.36. The average Bonchev–Trinajstić information content (AvgIpc) is 3.17. The molecule has 3 rings (SSSR count). The van der Waals surface area contributed by atoms with Crippen molar-refractivity contribution in [3.05, 3.63) is 29.6 Å². The van der Waals surface area contributed by atoms with E-state index in [1.807, 2.05) is 0 Å². The lowest BCUT2D eigenvalue weighted by atomic mass is 10.2. The number of ether oxygens (including phenoxy) is 1. The summed E-state index contributed by atoms with van der Waals surface area (Å²) in [7, 11) is -3.65. The SMILES string of the molecule is Cc1cc(F)ccc1S(=O)(=O)N(CC1CCCO1)C1CCSC1. The second-order valence-corrected chi connectivity index (χ2v) is 9.15. The Morgan fingerprint density at radius 3 is 2.83 bits per heavy atom. The lowest BCUT2D eigenvalue weighted by molar-refractivity contribution is 0.0877. The first-order valence-corrected chi connectivity index (χ1v) is 10.6. The molecule has 2 aliphatic heterocycles. The van der Waals surface area contributed by atoms with Gasteiger partial charge < -0.3 is 4.74 Å². The number of thioether (sulfide) groups is 1. The predicted molar refractivity (Wildman–Crippen MR) is 89.7 cm³/mol. The van der Waals surface area contributed by atoms with E-state index in [4.69, 9.17) is 4.74 Å². The highest BCUT2D eigenvalue weighted by atomic mass is 32.2. The topological polar surface area (TPSA) is 46.6 Å². The van der Waals surface area contributed by atoms with Crippen LogP contribution in [-0.2, 0) is 14.8 Å². The van der Waals surface area contributed by atoms with Crippen LogP contribution in [0.4, 0.5) is 4.39 Å². The second-order valence-electron chi connectivity index (χ2n) is 6.14. The fraction of sp³-hybridized carbons (Fsp3) is 0.625. The summed E-state index contributed by atoms with van der Waals surface area (Å²) >= 11 is 1.78. The van der Waals surface area contributed by atoms with Gasteiger partial charge in [-0.05, 0) is 55.7 Å². The van der Waals surface area contributed by atoms with Gasteiger partial charge in [-0.2, -0.15) is 16.1 Å². The molecule has 2 aliphatic rings. The lowest BCUT2D eigenvalue weighted by Crippen LogP contribution is -2.44. The van der Waals surface area contributed by atoms with E-state index in [0.717, 1.165) is 30.8 Å². The first-order chi connectivity index (χ1) is 11.0. The molecule has 2 fully saturated rings. The van der Waals surface area contributed by atoms with Crippen molar-refractivity contribution < 1.29 is 17.5 Å². The number of halogens is 1. The summed E-state index contributed by atoms with van der Waals surface area (Å²) in [6.07, 6.45) is 2.70. The Morgan fingerprint density at radius 1 is 1.39 bits per heavy atom. The third-order valence-electron chi connectivity index (χ3n) is 4.44. The molecule has 0 bridgehead atoms. The van der Waals surface area contributed by atoms with Crippen LogP contribution in [0.2, 0.25) is 0 Å². The molecular weight excluding hydrogens is 337 g/mol. The summed E-state index contributed by atoms with van der Waals surface area (Å²) < 4.78 is 46.9. The van der Waals surface area contributed by atoms with E-state index >= 15 is 0 Å². The molecule has 0 N–H and O–H groups in total. The maximum Gasteiger partial charge on any atom is 0.243 e. The standard InChI is InChI=1S/C16H22FNO3S2/c1-12-9-13(17)4-5-16(12)23(19,20)18(14-6-8-22-11-14)10-15-3-2-7-21-15/h4-5,9,14-15H,2-3,6-8,10-11H2,1H3. The normalized spacial score (nSPS) is 25.3. The summed E-state index contributed by atoms with van der Waals surface area (Å²) in [5.74, 6) is 1.38. The number of nitrogens with zero attached hydrogens (tertiary/aromatic N) is 1. The van der Waals surface area contributed by atoms with Crippen molar-refractivity contribution in [2.45, 2.75) is 43.2 Å². The second kappa shape index (κ2) is 7.09. The quantitative estimate of drug-likeness (QED) is 0.811. The minimum atomic E-state index is -3.65. The van der Waals surface area contributed by atoms with Crippen molar-refractivity contribution in [3.8, 4) is 0 Å². The zero-order valence-electron chi connectivity index (χ0n) is 13.2.